The molecule has 0 aromatic heterocycles. The first-order valence-corrected chi connectivity index (χ1v) is 2.78. The largest absolute Gasteiger partial charge is 0.469 e. The summed E-state index contributed by atoms with van der Waals surface area (Å²) in [5.41, 5.74) is 0. The summed E-state index contributed by atoms with van der Waals surface area (Å²) in [5, 5.41) is -6.57. The molecule has 1 unspecified atom stereocenters. The van der Waals surface area contributed by atoms with Crippen LogP contribution < -0.4 is 0 Å². The van der Waals surface area contributed by atoms with Gasteiger partial charge in [-0.3, -0.25) is 0 Å². The molecule has 0 N–H and O–H groups in total. The molecule has 0 aromatic carbocycles. The number of halogens is 7. The molecular formula is C3ClF6NO. The zero-order valence-electron chi connectivity index (χ0n) is 5.00. The van der Waals surface area contributed by atoms with Crippen LogP contribution in [0.3, 0.4) is 0 Å². The lowest BCUT2D eigenvalue weighted by atomic mass is 10.6. The van der Waals surface area contributed by atoms with Crippen molar-refractivity contribution in [1.29, 1.82) is 0 Å². The van der Waals surface area contributed by atoms with Crippen LogP contribution in [-0.4, -0.2) is 22.7 Å². The Labute approximate surface area is 66.6 Å². The fourth-order valence-corrected chi connectivity index (χ4v) is 0.502. The first-order valence-electron chi connectivity index (χ1n) is 2.41. The highest BCUT2D eigenvalue weighted by atomic mass is 35.5. The Morgan fingerprint density at radius 2 is 1.50 bits per heavy atom. The standard InChI is InChI=1S/C3ClF6NO/c4-1(5,6)2(7,8)11-3(9,10)12-11. The minimum absolute atomic E-state index is 1.47. The van der Waals surface area contributed by atoms with E-state index in [4.69, 9.17) is 0 Å². The van der Waals surface area contributed by atoms with E-state index >= 15 is 0 Å². The molecule has 1 aliphatic heterocycles. The average molecular weight is 215 g/mol. The van der Waals surface area contributed by atoms with Gasteiger partial charge in [0, 0.05) is 0 Å². The third-order valence-corrected chi connectivity index (χ3v) is 1.23. The quantitative estimate of drug-likeness (QED) is 0.304. The first-order chi connectivity index (χ1) is 5.09. The van der Waals surface area contributed by atoms with Crippen LogP contribution in [-0.2, 0) is 4.84 Å². The van der Waals surface area contributed by atoms with Gasteiger partial charge in [-0.2, -0.15) is 26.3 Å². The van der Waals surface area contributed by atoms with Gasteiger partial charge in [-0.25, -0.2) is 4.84 Å². The van der Waals surface area contributed by atoms with Crippen molar-refractivity contribution >= 4 is 11.6 Å². The fraction of sp³-hybridized carbons (Fsp3) is 1.00. The molecule has 0 radical (unpaired) electrons. The molecule has 1 heterocycles. The molecule has 0 aliphatic carbocycles. The second-order valence-corrected chi connectivity index (χ2v) is 2.39. The fourth-order valence-electron chi connectivity index (χ4n) is 0.425. The molecule has 0 amide bonds. The van der Waals surface area contributed by atoms with Gasteiger partial charge in [0.05, 0.1) is 0 Å². The zero-order chi connectivity index (χ0) is 9.78. The van der Waals surface area contributed by atoms with E-state index in [9.17, 15) is 26.3 Å². The molecular weight excluding hydrogens is 215 g/mol. The Morgan fingerprint density at radius 3 is 1.58 bits per heavy atom. The second kappa shape index (κ2) is 2.18. The molecule has 72 valence electrons. The number of hydrogen-bond acceptors (Lipinski definition) is 2. The lowest BCUT2D eigenvalue weighted by Crippen LogP contribution is -2.44. The third-order valence-electron chi connectivity index (χ3n) is 1.00. The highest BCUT2D eigenvalue weighted by molar-refractivity contribution is 6.22. The van der Waals surface area contributed by atoms with Crippen LogP contribution in [0.15, 0.2) is 0 Å². The van der Waals surface area contributed by atoms with E-state index in [1.165, 1.54) is 0 Å². The van der Waals surface area contributed by atoms with E-state index in [2.05, 4.69) is 16.4 Å². The summed E-state index contributed by atoms with van der Waals surface area (Å²) >= 11 is 3.85. The van der Waals surface area contributed by atoms with Gasteiger partial charge in [-0.1, -0.05) is 0 Å². The molecule has 0 bridgehead atoms. The SMILES string of the molecule is FC1(F)ON1C(F)(F)C(F)(F)Cl. The molecule has 1 fully saturated rings. The van der Waals surface area contributed by atoms with Gasteiger partial charge in [0.25, 0.3) is 0 Å². The van der Waals surface area contributed by atoms with Crippen molar-refractivity contribution in [2.24, 2.45) is 0 Å². The van der Waals surface area contributed by atoms with E-state index in [-0.39, 0.29) is 0 Å². The third kappa shape index (κ3) is 1.34. The summed E-state index contributed by atoms with van der Waals surface area (Å²) in [5.74, 6) is 0. The maximum atomic E-state index is 12.1. The summed E-state index contributed by atoms with van der Waals surface area (Å²) in [7, 11) is 0. The normalized spacial score (nSPS) is 28.8. The summed E-state index contributed by atoms with van der Waals surface area (Å²) in [6, 6.07) is -5.22. The van der Waals surface area contributed by atoms with Gasteiger partial charge in [0.1, 0.15) is 0 Å². The van der Waals surface area contributed by atoms with Gasteiger partial charge in [0.2, 0.25) is 0 Å². The van der Waals surface area contributed by atoms with Crippen molar-refractivity contribution in [1.82, 2.24) is 5.06 Å². The number of hydroxylamine groups is 2. The maximum Gasteiger partial charge on any atom is 0.469 e. The number of hydrogen-bond donors (Lipinski definition) is 0. The summed E-state index contributed by atoms with van der Waals surface area (Å²) in [6.45, 7) is 0. The summed E-state index contributed by atoms with van der Waals surface area (Å²) in [4.78, 5) is 2.88. The summed E-state index contributed by atoms with van der Waals surface area (Å²) < 4.78 is 70.8. The average Bonchev–Trinajstić information content (AvgIpc) is 2.37. The van der Waals surface area contributed by atoms with Gasteiger partial charge < -0.3 is 0 Å². The van der Waals surface area contributed by atoms with E-state index in [1.807, 2.05) is 0 Å². The smallest absolute Gasteiger partial charge is 0.200 e. The maximum absolute atomic E-state index is 12.1. The Balaban J connectivity index is 2.76. The Kier molecular flexibility index (Phi) is 1.79. The van der Waals surface area contributed by atoms with Crippen LogP contribution in [0.4, 0.5) is 26.3 Å². The van der Waals surface area contributed by atoms with Gasteiger partial charge in [0.15, 0.2) is 0 Å². The van der Waals surface area contributed by atoms with Gasteiger partial charge in [-0.05, 0) is 16.7 Å². The predicted octanol–water partition coefficient (Wildman–Crippen LogP) is 2.21. The van der Waals surface area contributed by atoms with Crippen LogP contribution in [0.5, 0.6) is 0 Å². The van der Waals surface area contributed by atoms with Crippen molar-refractivity contribution < 1.29 is 31.2 Å². The van der Waals surface area contributed by atoms with Crippen molar-refractivity contribution in [2.45, 2.75) is 17.7 Å². The molecule has 0 aromatic rings. The Bertz CT molecular complexity index is 201. The topological polar surface area (TPSA) is 15.5 Å². The van der Waals surface area contributed by atoms with Crippen molar-refractivity contribution in [3.05, 3.63) is 0 Å². The molecule has 9 heteroatoms. The molecule has 12 heavy (non-hydrogen) atoms. The van der Waals surface area contributed by atoms with Crippen LogP contribution in [0.25, 0.3) is 0 Å². The molecule has 0 spiro atoms. The second-order valence-electron chi connectivity index (χ2n) is 1.91. The summed E-state index contributed by atoms with van der Waals surface area (Å²) in [6.07, 6.45) is -4.37. The Morgan fingerprint density at radius 1 is 1.17 bits per heavy atom. The van der Waals surface area contributed by atoms with E-state index in [1.54, 1.807) is 0 Å². The molecule has 1 aliphatic rings. The molecule has 0 saturated carbocycles. The molecule has 1 atom stereocenters. The van der Waals surface area contributed by atoms with E-state index < -0.39 is 22.7 Å². The van der Waals surface area contributed by atoms with Crippen LogP contribution >= 0.6 is 11.6 Å². The van der Waals surface area contributed by atoms with Crippen LogP contribution in [0.1, 0.15) is 0 Å². The monoisotopic (exact) mass is 215 g/mol. The zero-order valence-corrected chi connectivity index (χ0v) is 5.76. The van der Waals surface area contributed by atoms with Gasteiger partial charge >= 0.3 is 17.7 Å². The molecule has 1 rings (SSSR count). The van der Waals surface area contributed by atoms with E-state index in [0.717, 1.165) is 0 Å². The Hall–Kier alpha value is -0.210. The number of nitrogens with zero attached hydrogens (tertiary/aromatic N) is 1. The highest BCUT2D eigenvalue weighted by Crippen LogP contribution is 2.52. The lowest BCUT2D eigenvalue weighted by molar-refractivity contribution is -0.256. The van der Waals surface area contributed by atoms with Gasteiger partial charge in [-0.15, -0.1) is 0 Å². The highest BCUT2D eigenvalue weighted by Gasteiger charge is 2.78. The number of alkyl halides is 7. The van der Waals surface area contributed by atoms with Crippen LogP contribution in [0.2, 0.25) is 0 Å². The van der Waals surface area contributed by atoms with E-state index in [0.29, 0.717) is 0 Å². The molecule has 2 nitrogen and oxygen atoms in total. The minimum atomic E-state index is -5.22. The van der Waals surface area contributed by atoms with Crippen molar-refractivity contribution in [3.63, 3.8) is 0 Å². The predicted molar refractivity (Wildman–Crippen MR) is 23.6 cm³/mol. The van der Waals surface area contributed by atoms with Crippen molar-refractivity contribution in [2.75, 3.05) is 0 Å². The molecule has 1 saturated heterocycles. The van der Waals surface area contributed by atoms with Crippen molar-refractivity contribution in [3.8, 4) is 0 Å². The first kappa shape index (κ1) is 9.87. The minimum Gasteiger partial charge on any atom is -0.200 e. The van der Waals surface area contributed by atoms with Crippen LogP contribution in [0, 0.1) is 0 Å². The number of rotatable bonds is 2. The lowest BCUT2D eigenvalue weighted by Gasteiger charge is -2.18.